The number of carbonyl (C=O) groups excluding carboxylic acids is 1. The third-order valence-electron chi connectivity index (χ3n) is 4.48. The first-order valence-electron chi connectivity index (χ1n) is 10.1. The van der Waals surface area contributed by atoms with E-state index in [4.69, 9.17) is 9.72 Å². The maximum Gasteiger partial charge on any atom is 0.269 e. The highest BCUT2D eigenvalue weighted by Gasteiger charge is 2.16. The van der Waals surface area contributed by atoms with Gasteiger partial charge in [0.15, 0.2) is 0 Å². The van der Waals surface area contributed by atoms with Crippen molar-refractivity contribution in [2.45, 2.75) is 20.3 Å². The van der Waals surface area contributed by atoms with Crippen LogP contribution in [0.1, 0.15) is 28.1 Å². The number of rotatable bonds is 7. The maximum absolute atomic E-state index is 11.8. The van der Waals surface area contributed by atoms with Crippen molar-refractivity contribution in [1.29, 1.82) is 0 Å². The van der Waals surface area contributed by atoms with Crippen molar-refractivity contribution in [3.05, 3.63) is 71.1 Å². The van der Waals surface area contributed by atoms with E-state index < -0.39 is 0 Å². The average molecular weight is 447 g/mol. The van der Waals surface area contributed by atoms with E-state index in [9.17, 15) is 4.79 Å². The lowest BCUT2D eigenvalue weighted by Gasteiger charge is -2.09. The van der Waals surface area contributed by atoms with Crippen molar-refractivity contribution < 1.29 is 9.53 Å². The molecule has 0 unspecified atom stereocenters. The van der Waals surface area contributed by atoms with Crippen molar-refractivity contribution in [2.24, 2.45) is 0 Å². The molecule has 0 fully saturated rings. The molecule has 4 rings (SSSR count). The molecular weight excluding hydrogens is 424 g/mol. The Hall–Kier alpha value is -3.85. The van der Waals surface area contributed by atoms with Gasteiger partial charge in [-0.3, -0.25) is 9.78 Å². The van der Waals surface area contributed by atoms with Crippen LogP contribution in [0.25, 0.3) is 11.4 Å². The minimum absolute atomic E-state index is 0.257. The Morgan fingerprint density at radius 1 is 1.06 bits per heavy atom. The van der Waals surface area contributed by atoms with Crippen molar-refractivity contribution in [3.63, 3.8) is 0 Å². The fourth-order valence-electron chi connectivity index (χ4n) is 2.95. The normalized spacial score (nSPS) is 10.6. The van der Waals surface area contributed by atoms with Crippen LogP contribution >= 0.6 is 11.3 Å². The number of hydrogen-bond acceptors (Lipinski definition) is 8. The van der Waals surface area contributed by atoms with Crippen molar-refractivity contribution in [3.8, 4) is 22.2 Å². The number of anilines is 2. The number of nitrogens with one attached hydrogen (secondary N) is 2. The second-order valence-corrected chi connectivity index (χ2v) is 7.90. The molecule has 0 aromatic carbocycles. The van der Waals surface area contributed by atoms with Gasteiger partial charge in [0, 0.05) is 25.0 Å². The largest absolute Gasteiger partial charge is 0.444 e. The van der Waals surface area contributed by atoms with E-state index in [1.54, 1.807) is 43.6 Å². The molecule has 4 heterocycles. The predicted molar refractivity (Wildman–Crippen MR) is 125 cm³/mol. The van der Waals surface area contributed by atoms with E-state index in [0.717, 1.165) is 28.5 Å². The number of ether oxygens (including phenoxy) is 1. The van der Waals surface area contributed by atoms with Crippen LogP contribution in [0.2, 0.25) is 0 Å². The second-order valence-electron chi connectivity index (χ2n) is 6.85. The first kappa shape index (κ1) is 21.4. The fraction of sp³-hybridized carbons (Fsp3) is 0.174. The standard InChI is InChI=1S/C23H22N6O2S/c1-4-20-29-21(16-8-5-7-14(2)26-16)23(32-20)31-15-11-12-25-19(13-15)28-18-10-6-9-17(27-18)22(30)24-3/h5-13H,4H2,1-3H3,(H,24,30)(H,25,27,28). The number of hydrogen-bond donors (Lipinski definition) is 2. The summed E-state index contributed by atoms with van der Waals surface area (Å²) in [5.41, 5.74) is 2.73. The SMILES string of the molecule is CCc1nc(-c2cccc(C)n2)c(Oc2ccnc(Nc3cccc(C(=O)NC)n3)c2)s1. The Balaban J connectivity index is 1.59. The van der Waals surface area contributed by atoms with Crippen LogP contribution in [0.5, 0.6) is 10.8 Å². The molecule has 0 spiro atoms. The monoisotopic (exact) mass is 446 g/mol. The van der Waals surface area contributed by atoms with Crippen LogP contribution in [0, 0.1) is 6.92 Å². The predicted octanol–water partition coefficient (Wildman–Crippen LogP) is 4.76. The Morgan fingerprint density at radius 2 is 1.91 bits per heavy atom. The highest BCUT2D eigenvalue weighted by Crippen LogP contribution is 2.38. The lowest BCUT2D eigenvalue weighted by Crippen LogP contribution is -2.19. The van der Waals surface area contributed by atoms with Crippen LogP contribution in [-0.4, -0.2) is 32.9 Å². The average Bonchev–Trinajstić information content (AvgIpc) is 3.22. The Labute approximate surface area is 189 Å². The van der Waals surface area contributed by atoms with Gasteiger partial charge in [-0.15, -0.1) is 0 Å². The molecule has 4 aromatic heterocycles. The summed E-state index contributed by atoms with van der Waals surface area (Å²) >= 11 is 1.50. The number of carbonyl (C=O) groups is 1. The lowest BCUT2D eigenvalue weighted by molar-refractivity contribution is 0.0958. The Bertz CT molecular complexity index is 1260. The summed E-state index contributed by atoms with van der Waals surface area (Å²) in [4.78, 5) is 29.8. The molecule has 0 aliphatic carbocycles. The lowest BCUT2D eigenvalue weighted by atomic mass is 10.2. The third-order valence-corrected chi connectivity index (χ3v) is 5.56. The van der Waals surface area contributed by atoms with Crippen LogP contribution in [0.15, 0.2) is 54.7 Å². The molecule has 0 saturated heterocycles. The van der Waals surface area contributed by atoms with Crippen LogP contribution < -0.4 is 15.4 Å². The third kappa shape index (κ3) is 4.89. The number of pyridine rings is 3. The van der Waals surface area contributed by atoms with E-state index in [-0.39, 0.29) is 5.91 Å². The Morgan fingerprint density at radius 3 is 2.69 bits per heavy atom. The molecule has 162 valence electrons. The molecule has 2 N–H and O–H groups in total. The molecule has 32 heavy (non-hydrogen) atoms. The van der Waals surface area contributed by atoms with Gasteiger partial charge in [-0.05, 0) is 43.7 Å². The van der Waals surface area contributed by atoms with Gasteiger partial charge < -0.3 is 15.4 Å². The van der Waals surface area contributed by atoms with E-state index >= 15 is 0 Å². The smallest absolute Gasteiger partial charge is 0.269 e. The summed E-state index contributed by atoms with van der Waals surface area (Å²) in [6.07, 6.45) is 2.45. The molecule has 0 saturated carbocycles. The molecule has 1 amide bonds. The highest BCUT2D eigenvalue weighted by molar-refractivity contribution is 7.14. The van der Waals surface area contributed by atoms with Crippen LogP contribution in [0.4, 0.5) is 11.6 Å². The molecule has 0 aliphatic heterocycles. The topological polar surface area (TPSA) is 102 Å². The zero-order valence-corrected chi connectivity index (χ0v) is 18.7. The number of aryl methyl sites for hydroxylation is 2. The van der Waals surface area contributed by atoms with Gasteiger partial charge in [-0.25, -0.2) is 15.0 Å². The van der Waals surface area contributed by atoms with Gasteiger partial charge in [-0.2, -0.15) is 0 Å². The van der Waals surface area contributed by atoms with E-state index in [2.05, 4.69) is 32.5 Å². The molecule has 0 radical (unpaired) electrons. The maximum atomic E-state index is 11.8. The van der Waals surface area contributed by atoms with Crippen molar-refractivity contribution in [1.82, 2.24) is 25.3 Å². The zero-order chi connectivity index (χ0) is 22.5. The van der Waals surface area contributed by atoms with Gasteiger partial charge >= 0.3 is 0 Å². The summed E-state index contributed by atoms with van der Waals surface area (Å²) in [7, 11) is 1.57. The molecule has 0 atom stereocenters. The second kappa shape index (κ2) is 9.52. The zero-order valence-electron chi connectivity index (χ0n) is 17.9. The molecular formula is C23H22N6O2S. The van der Waals surface area contributed by atoms with Crippen molar-refractivity contribution >= 4 is 28.9 Å². The van der Waals surface area contributed by atoms with Crippen LogP contribution in [0.3, 0.4) is 0 Å². The van der Waals surface area contributed by atoms with Gasteiger partial charge in [0.2, 0.25) is 5.06 Å². The number of aromatic nitrogens is 4. The number of nitrogens with zero attached hydrogens (tertiary/aromatic N) is 4. The first-order chi connectivity index (χ1) is 15.6. The van der Waals surface area contributed by atoms with E-state index in [1.807, 2.05) is 25.1 Å². The quantitative estimate of drug-likeness (QED) is 0.422. The summed E-state index contributed by atoms with van der Waals surface area (Å²) in [6.45, 7) is 4.01. The fourth-order valence-corrected chi connectivity index (χ4v) is 3.83. The Kier molecular flexibility index (Phi) is 6.37. The number of thiazole rings is 1. The van der Waals surface area contributed by atoms with Gasteiger partial charge in [0.25, 0.3) is 5.91 Å². The number of amides is 1. The highest BCUT2D eigenvalue weighted by atomic mass is 32.1. The van der Waals surface area contributed by atoms with Crippen LogP contribution in [-0.2, 0) is 6.42 Å². The van der Waals surface area contributed by atoms with E-state index in [1.165, 1.54) is 11.3 Å². The molecule has 0 bridgehead atoms. The molecule has 4 aromatic rings. The molecule has 8 nitrogen and oxygen atoms in total. The van der Waals surface area contributed by atoms with Gasteiger partial charge in [0.05, 0.1) is 10.7 Å². The summed E-state index contributed by atoms with van der Waals surface area (Å²) in [6, 6.07) is 14.5. The summed E-state index contributed by atoms with van der Waals surface area (Å²) < 4.78 is 6.20. The first-order valence-corrected chi connectivity index (χ1v) is 10.9. The minimum Gasteiger partial charge on any atom is -0.444 e. The van der Waals surface area contributed by atoms with Gasteiger partial charge in [0.1, 0.15) is 28.8 Å². The molecule has 0 aliphatic rings. The van der Waals surface area contributed by atoms with E-state index in [0.29, 0.717) is 28.1 Å². The molecule has 9 heteroatoms. The summed E-state index contributed by atoms with van der Waals surface area (Å²) in [5.74, 6) is 1.39. The van der Waals surface area contributed by atoms with Gasteiger partial charge in [-0.1, -0.05) is 30.4 Å². The minimum atomic E-state index is -0.257. The summed E-state index contributed by atoms with van der Waals surface area (Å²) in [5, 5.41) is 7.33. The van der Waals surface area contributed by atoms with Crippen molar-refractivity contribution in [2.75, 3.05) is 12.4 Å².